The van der Waals surface area contributed by atoms with Crippen molar-refractivity contribution >= 4 is 11.6 Å². The Morgan fingerprint density at radius 3 is 1.40 bits per heavy atom. The zero-order valence-corrected chi connectivity index (χ0v) is 18.2. The fourth-order valence-electron chi connectivity index (χ4n) is 3.33. The van der Waals surface area contributed by atoms with E-state index in [1.54, 1.807) is 24.3 Å². The number of carbonyl (C=O) groups excluding carboxylic acids is 2. The highest BCUT2D eigenvalue weighted by atomic mass is 16.3. The molecule has 2 aromatic carbocycles. The second-order valence-electron chi connectivity index (χ2n) is 8.63. The second kappa shape index (κ2) is 9.18. The van der Waals surface area contributed by atoms with Gasteiger partial charge in [-0.15, -0.1) is 0 Å². The van der Waals surface area contributed by atoms with Crippen molar-refractivity contribution in [2.75, 3.05) is 20.2 Å². The number of nitrogens with zero attached hydrogens (tertiary/aromatic N) is 1. The van der Waals surface area contributed by atoms with Crippen molar-refractivity contribution < 1.29 is 24.9 Å². The molecule has 0 radical (unpaired) electrons. The first-order chi connectivity index (χ1) is 13.9. The van der Waals surface area contributed by atoms with Crippen molar-refractivity contribution in [3.63, 3.8) is 0 Å². The summed E-state index contributed by atoms with van der Waals surface area (Å²) >= 11 is 0. The number of aliphatic hydroxyl groups excluding tert-OH is 1. The molecule has 0 bridgehead atoms. The minimum absolute atomic E-state index is 0.0163. The molecule has 0 aliphatic rings. The van der Waals surface area contributed by atoms with Crippen LogP contribution in [-0.2, 0) is 0 Å². The van der Waals surface area contributed by atoms with Crippen molar-refractivity contribution in [1.29, 1.82) is 0 Å². The Morgan fingerprint density at radius 2 is 1.13 bits per heavy atom. The molecule has 162 valence electrons. The van der Waals surface area contributed by atoms with Crippen LogP contribution in [0.15, 0.2) is 48.5 Å². The van der Waals surface area contributed by atoms with Crippen molar-refractivity contribution in [1.82, 2.24) is 4.90 Å². The van der Waals surface area contributed by atoms with Crippen LogP contribution in [0.2, 0.25) is 0 Å². The van der Waals surface area contributed by atoms with Gasteiger partial charge < -0.3 is 15.3 Å². The van der Waals surface area contributed by atoms with E-state index in [1.807, 2.05) is 36.2 Å². The standard InChI is InChI=1S/C24H31NO5/c1-23(2,29)21(27)18-10-6-16(7-11-18)20(25(5)14-15-26)17-8-12-19(13-9-17)22(28)24(3,4)30/h6-13,20,26,29-30H,14-15H2,1-5H3. The maximum Gasteiger partial charge on any atom is 0.193 e. The maximum absolute atomic E-state index is 12.3. The summed E-state index contributed by atoms with van der Waals surface area (Å²) in [5.74, 6) is -0.715. The number of Topliss-reactive ketones (excluding diaryl/α,β-unsaturated/α-hetero) is 2. The fraction of sp³-hybridized carbons (Fsp3) is 0.417. The Balaban J connectivity index is 2.40. The molecule has 0 aliphatic heterocycles. The highest BCUT2D eigenvalue weighted by Gasteiger charge is 2.27. The van der Waals surface area contributed by atoms with Crippen LogP contribution < -0.4 is 0 Å². The quantitative estimate of drug-likeness (QED) is 0.547. The first-order valence-corrected chi connectivity index (χ1v) is 9.91. The monoisotopic (exact) mass is 413 g/mol. The third-order valence-corrected chi connectivity index (χ3v) is 4.98. The molecule has 0 aliphatic carbocycles. The van der Waals surface area contributed by atoms with Crippen LogP contribution in [0.3, 0.4) is 0 Å². The molecule has 6 heteroatoms. The van der Waals surface area contributed by atoms with Gasteiger partial charge in [0, 0.05) is 17.7 Å². The molecule has 0 spiro atoms. The van der Waals surface area contributed by atoms with Gasteiger partial charge in [0.15, 0.2) is 11.6 Å². The fourth-order valence-corrected chi connectivity index (χ4v) is 3.33. The van der Waals surface area contributed by atoms with E-state index in [9.17, 15) is 24.9 Å². The largest absolute Gasteiger partial charge is 0.395 e. The molecule has 0 saturated carbocycles. The molecule has 2 rings (SSSR count). The summed E-state index contributed by atoms with van der Waals surface area (Å²) in [5.41, 5.74) is -0.254. The van der Waals surface area contributed by atoms with E-state index in [1.165, 1.54) is 27.7 Å². The summed E-state index contributed by atoms with van der Waals surface area (Å²) in [6.07, 6.45) is 0. The summed E-state index contributed by atoms with van der Waals surface area (Å²) < 4.78 is 0. The van der Waals surface area contributed by atoms with Gasteiger partial charge in [0.1, 0.15) is 11.2 Å². The zero-order valence-electron chi connectivity index (χ0n) is 18.2. The summed E-state index contributed by atoms with van der Waals surface area (Å²) in [6, 6.07) is 13.8. The third-order valence-electron chi connectivity index (χ3n) is 4.98. The highest BCUT2D eigenvalue weighted by Crippen LogP contribution is 2.29. The van der Waals surface area contributed by atoms with Gasteiger partial charge in [0.25, 0.3) is 0 Å². The summed E-state index contributed by atoms with van der Waals surface area (Å²) in [7, 11) is 1.88. The average Bonchev–Trinajstić information content (AvgIpc) is 2.67. The Bertz CT molecular complexity index is 804. The van der Waals surface area contributed by atoms with E-state index < -0.39 is 11.2 Å². The lowest BCUT2D eigenvalue weighted by atomic mass is 9.91. The van der Waals surface area contributed by atoms with E-state index in [2.05, 4.69) is 0 Å². The van der Waals surface area contributed by atoms with Gasteiger partial charge in [-0.3, -0.25) is 14.5 Å². The van der Waals surface area contributed by atoms with Crippen LogP contribution in [0.5, 0.6) is 0 Å². The van der Waals surface area contributed by atoms with Gasteiger partial charge in [0.05, 0.1) is 12.6 Å². The van der Waals surface area contributed by atoms with Gasteiger partial charge in [-0.1, -0.05) is 48.5 Å². The van der Waals surface area contributed by atoms with E-state index in [4.69, 9.17) is 0 Å². The number of benzene rings is 2. The van der Waals surface area contributed by atoms with Crippen LogP contribution in [0.4, 0.5) is 0 Å². The molecule has 0 saturated heterocycles. The Hall–Kier alpha value is -2.38. The third kappa shape index (κ3) is 5.61. The van der Waals surface area contributed by atoms with E-state index in [-0.39, 0.29) is 24.2 Å². The molecule has 3 N–H and O–H groups in total. The van der Waals surface area contributed by atoms with Gasteiger partial charge in [-0.05, 0) is 45.9 Å². The Kier molecular flexibility index (Phi) is 7.31. The molecule has 0 heterocycles. The van der Waals surface area contributed by atoms with Gasteiger partial charge in [-0.2, -0.15) is 0 Å². The predicted octanol–water partition coefficient (Wildman–Crippen LogP) is 2.61. The molecule has 0 amide bonds. The molecule has 0 unspecified atom stereocenters. The lowest BCUT2D eigenvalue weighted by Crippen LogP contribution is -2.31. The predicted molar refractivity (Wildman–Crippen MR) is 116 cm³/mol. The molecular weight excluding hydrogens is 382 g/mol. The Morgan fingerprint density at radius 1 is 0.800 bits per heavy atom. The summed E-state index contributed by atoms with van der Waals surface area (Å²) in [6.45, 7) is 6.24. The maximum atomic E-state index is 12.3. The van der Waals surface area contributed by atoms with Crippen LogP contribution in [0.25, 0.3) is 0 Å². The first-order valence-electron chi connectivity index (χ1n) is 9.91. The average molecular weight is 414 g/mol. The lowest BCUT2D eigenvalue weighted by Gasteiger charge is -2.29. The SMILES string of the molecule is CN(CCO)C(c1ccc(C(=O)C(C)(C)O)cc1)c1ccc(C(=O)C(C)(C)O)cc1. The molecule has 0 fully saturated rings. The molecule has 6 nitrogen and oxygen atoms in total. The molecule has 0 aromatic heterocycles. The van der Waals surface area contributed by atoms with Gasteiger partial charge in [0.2, 0.25) is 0 Å². The summed E-state index contributed by atoms with van der Waals surface area (Å²) in [4.78, 5) is 26.6. The molecule has 30 heavy (non-hydrogen) atoms. The number of ketones is 2. The molecule has 0 atom stereocenters. The van der Waals surface area contributed by atoms with E-state index >= 15 is 0 Å². The minimum Gasteiger partial charge on any atom is -0.395 e. The number of carbonyl (C=O) groups is 2. The van der Waals surface area contributed by atoms with Crippen molar-refractivity contribution in [2.45, 2.75) is 44.9 Å². The van der Waals surface area contributed by atoms with Crippen molar-refractivity contribution in [2.24, 2.45) is 0 Å². The minimum atomic E-state index is -1.45. The van der Waals surface area contributed by atoms with Gasteiger partial charge in [-0.25, -0.2) is 0 Å². The normalized spacial score (nSPS) is 12.5. The van der Waals surface area contributed by atoms with Gasteiger partial charge >= 0.3 is 0 Å². The Labute approximate surface area is 177 Å². The van der Waals surface area contributed by atoms with E-state index in [0.29, 0.717) is 17.7 Å². The second-order valence-corrected chi connectivity index (χ2v) is 8.63. The highest BCUT2D eigenvalue weighted by molar-refractivity contribution is 6.02. The van der Waals surface area contributed by atoms with Crippen LogP contribution in [-0.4, -0.2) is 63.2 Å². The number of hydrogen-bond donors (Lipinski definition) is 3. The lowest BCUT2D eigenvalue weighted by molar-refractivity contribution is 0.0487. The topological polar surface area (TPSA) is 98.1 Å². The van der Waals surface area contributed by atoms with E-state index in [0.717, 1.165) is 11.1 Å². The van der Waals surface area contributed by atoms with Crippen LogP contribution in [0, 0.1) is 0 Å². The van der Waals surface area contributed by atoms with Crippen molar-refractivity contribution in [3.8, 4) is 0 Å². The number of likely N-dealkylation sites (N-methyl/N-ethyl adjacent to an activating group) is 1. The van der Waals surface area contributed by atoms with Crippen LogP contribution in [0.1, 0.15) is 65.6 Å². The van der Waals surface area contributed by atoms with Crippen LogP contribution >= 0.6 is 0 Å². The number of hydrogen-bond acceptors (Lipinski definition) is 6. The summed E-state index contributed by atoms with van der Waals surface area (Å²) in [5, 5.41) is 29.3. The first kappa shape index (κ1) is 23.9. The zero-order chi connectivity index (χ0) is 22.7. The smallest absolute Gasteiger partial charge is 0.193 e. The molecule has 2 aromatic rings. The number of rotatable bonds is 9. The van der Waals surface area contributed by atoms with Crippen molar-refractivity contribution in [3.05, 3.63) is 70.8 Å². The number of aliphatic hydroxyl groups is 3. The molecular formula is C24H31NO5.